The summed E-state index contributed by atoms with van der Waals surface area (Å²) in [6.07, 6.45) is 3.47. The summed E-state index contributed by atoms with van der Waals surface area (Å²) in [5.74, 6) is 0.512. The standard InChI is InChI=1S/C15H22O3/c1-9-5-4-6-11-12(16)15(8-14(9,11)3)10(2)7-18-13(15)17/h9,11-12,16H,2,4-8H2,1,3H3/t9-,11+,12+,14+,15-/m0/s1. The highest BCUT2D eigenvalue weighted by molar-refractivity contribution is 5.85. The van der Waals surface area contributed by atoms with Gasteiger partial charge in [0.1, 0.15) is 12.0 Å². The maximum absolute atomic E-state index is 12.2. The van der Waals surface area contributed by atoms with E-state index < -0.39 is 11.5 Å². The van der Waals surface area contributed by atoms with Crippen LogP contribution < -0.4 is 0 Å². The molecule has 0 aromatic carbocycles. The first-order valence-electron chi connectivity index (χ1n) is 6.96. The third kappa shape index (κ3) is 1.21. The van der Waals surface area contributed by atoms with Crippen molar-refractivity contribution in [2.75, 3.05) is 6.61 Å². The zero-order chi connectivity index (χ0) is 13.1. The van der Waals surface area contributed by atoms with Crippen LogP contribution in [0.4, 0.5) is 0 Å². The van der Waals surface area contributed by atoms with Crippen LogP contribution in [-0.4, -0.2) is 23.8 Å². The van der Waals surface area contributed by atoms with Crippen molar-refractivity contribution in [3.05, 3.63) is 12.2 Å². The summed E-state index contributed by atoms with van der Waals surface area (Å²) >= 11 is 0. The molecule has 0 unspecified atom stereocenters. The monoisotopic (exact) mass is 250 g/mol. The maximum atomic E-state index is 12.2. The molecule has 0 amide bonds. The smallest absolute Gasteiger partial charge is 0.319 e. The van der Waals surface area contributed by atoms with E-state index in [1.165, 1.54) is 6.42 Å². The van der Waals surface area contributed by atoms with Crippen molar-refractivity contribution in [3.63, 3.8) is 0 Å². The van der Waals surface area contributed by atoms with Gasteiger partial charge >= 0.3 is 5.97 Å². The van der Waals surface area contributed by atoms with Crippen molar-refractivity contribution in [3.8, 4) is 0 Å². The van der Waals surface area contributed by atoms with Crippen LogP contribution in [0, 0.1) is 22.7 Å². The lowest BCUT2D eigenvalue weighted by Gasteiger charge is -2.42. The fourth-order valence-electron chi connectivity index (χ4n) is 4.62. The molecule has 5 atom stereocenters. The molecule has 3 aliphatic rings. The molecule has 3 nitrogen and oxygen atoms in total. The number of aliphatic hydroxyl groups is 1. The third-order valence-corrected chi connectivity index (χ3v) is 6.04. The Balaban J connectivity index is 2.06. The van der Waals surface area contributed by atoms with Gasteiger partial charge in [-0.25, -0.2) is 0 Å². The molecule has 0 aromatic heterocycles. The maximum Gasteiger partial charge on any atom is 0.319 e. The molecule has 0 bridgehead atoms. The number of esters is 1. The van der Waals surface area contributed by atoms with E-state index in [9.17, 15) is 9.90 Å². The molecule has 2 aliphatic carbocycles. The highest BCUT2D eigenvalue weighted by atomic mass is 16.5. The van der Waals surface area contributed by atoms with Gasteiger partial charge in [0.25, 0.3) is 0 Å². The third-order valence-electron chi connectivity index (χ3n) is 6.04. The van der Waals surface area contributed by atoms with Crippen LogP contribution in [0.3, 0.4) is 0 Å². The fraction of sp³-hybridized carbons (Fsp3) is 0.800. The average molecular weight is 250 g/mol. The molecule has 3 fully saturated rings. The van der Waals surface area contributed by atoms with E-state index in [0.717, 1.165) is 18.4 Å². The largest absolute Gasteiger partial charge is 0.460 e. The van der Waals surface area contributed by atoms with Gasteiger partial charge < -0.3 is 9.84 Å². The minimum atomic E-state index is -0.808. The number of aliphatic hydroxyl groups excluding tert-OH is 1. The molecule has 0 radical (unpaired) electrons. The number of fused-ring (bicyclic) bond motifs is 1. The van der Waals surface area contributed by atoms with Crippen LogP contribution in [0.2, 0.25) is 0 Å². The van der Waals surface area contributed by atoms with Gasteiger partial charge in [0, 0.05) is 0 Å². The Kier molecular flexibility index (Phi) is 2.44. The molecule has 18 heavy (non-hydrogen) atoms. The molecule has 100 valence electrons. The fourth-order valence-corrected chi connectivity index (χ4v) is 4.62. The topological polar surface area (TPSA) is 46.5 Å². The lowest BCUT2D eigenvalue weighted by atomic mass is 9.63. The lowest BCUT2D eigenvalue weighted by Crippen LogP contribution is -2.40. The van der Waals surface area contributed by atoms with Crippen LogP contribution in [0.25, 0.3) is 0 Å². The Morgan fingerprint density at radius 3 is 2.72 bits per heavy atom. The summed E-state index contributed by atoms with van der Waals surface area (Å²) in [5.41, 5.74) is 0.0185. The number of carbonyl (C=O) groups excluding carboxylic acids is 1. The molecule has 1 saturated heterocycles. The highest BCUT2D eigenvalue weighted by Crippen LogP contribution is 2.64. The van der Waals surface area contributed by atoms with Crippen LogP contribution >= 0.6 is 0 Å². The molecule has 3 rings (SSSR count). The zero-order valence-electron chi connectivity index (χ0n) is 11.2. The number of carbonyl (C=O) groups is 1. The molecule has 1 spiro atoms. The minimum absolute atomic E-state index is 0.0456. The lowest BCUT2D eigenvalue weighted by molar-refractivity contribution is -0.150. The first-order chi connectivity index (χ1) is 8.43. The van der Waals surface area contributed by atoms with Crippen LogP contribution in [0.15, 0.2) is 12.2 Å². The van der Waals surface area contributed by atoms with Crippen molar-refractivity contribution in [2.24, 2.45) is 22.7 Å². The molecule has 1 N–H and O–H groups in total. The molecular formula is C15H22O3. The Morgan fingerprint density at radius 2 is 2.17 bits per heavy atom. The first-order valence-corrected chi connectivity index (χ1v) is 6.96. The number of hydrogen-bond acceptors (Lipinski definition) is 3. The van der Waals surface area contributed by atoms with Gasteiger partial charge in [0.15, 0.2) is 0 Å². The van der Waals surface area contributed by atoms with Gasteiger partial charge in [0.2, 0.25) is 0 Å². The van der Waals surface area contributed by atoms with E-state index in [-0.39, 0.29) is 23.9 Å². The van der Waals surface area contributed by atoms with E-state index in [1.54, 1.807) is 0 Å². The summed E-state index contributed by atoms with van der Waals surface area (Å²) in [4.78, 5) is 12.2. The van der Waals surface area contributed by atoms with Gasteiger partial charge in [0.05, 0.1) is 6.10 Å². The van der Waals surface area contributed by atoms with Gasteiger partial charge in [-0.1, -0.05) is 33.3 Å². The number of rotatable bonds is 0. The van der Waals surface area contributed by atoms with Crippen LogP contribution in [0.1, 0.15) is 39.5 Å². The second-order valence-corrected chi connectivity index (χ2v) is 6.72. The van der Waals surface area contributed by atoms with Crippen molar-refractivity contribution in [2.45, 2.75) is 45.6 Å². The summed E-state index contributed by atoms with van der Waals surface area (Å²) in [5, 5.41) is 10.7. The zero-order valence-corrected chi connectivity index (χ0v) is 11.2. The second-order valence-electron chi connectivity index (χ2n) is 6.72. The SMILES string of the molecule is C=C1COC(=O)[C@@]12C[C@@]1(C)[C@H](CCC[C@@H]1C)[C@H]2O. The quantitative estimate of drug-likeness (QED) is 0.530. The normalized spacial score (nSPS) is 51.6. The molecule has 1 heterocycles. The Morgan fingerprint density at radius 1 is 1.44 bits per heavy atom. The average Bonchev–Trinajstić information content (AvgIpc) is 2.74. The predicted molar refractivity (Wildman–Crippen MR) is 67.8 cm³/mol. The summed E-state index contributed by atoms with van der Waals surface area (Å²) in [7, 11) is 0. The summed E-state index contributed by atoms with van der Waals surface area (Å²) in [6.45, 7) is 8.77. The number of hydrogen-bond donors (Lipinski definition) is 1. The van der Waals surface area contributed by atoms with E-state index in [2.05, 4.69) is 20.4 Å². The number of cyclic esters (lactones) is 1. The van der Waals surface area contributed by atoms with Gasteiger partial charge in [-0.05, 0) is 35.7 Å². The first kappa shape index (κ1) is 12.2. The second kappa shape index (κ2) is 3.60. The van der Waals surface area contributed by atoms with Crippen molar-refractivity contribution >= 4 is 5.97 Å². The minimum Gasteiger partial charge on any atom is -0.460 e. The van der Waals surface area contributed by atoms with Gasteiger partial charge in [-0.3, -0.25) is 4.79 Å². The van der Waals surface area contributed by atoms with Crippen molar-refractivity contribution in [1.82, 2.24) is 0 Å². The van der Waals surface area contributed by atoms with Crippen LogP contribution in [0.5, 0.6) is 0 Å². The number of ether oxygens (including phenoxy) is 1. The van der Waals surface area contributed by atoms with E-state index in [0.29, 0.717) is 12.3 Å². The van der Waals surface area contributed by atoms with Crippen LogP contribution in [-0.2, 0) is 9.53 Å². The molecule has 1 aliphatic heterocycles. The van der Waals surface area contributed by atoms with Crippen molar-refractivity contribution < 1.29 is 14.6 Å². The summed E-state index contributed by atoms with van der Waals surface area (Å²) in [6, 6.07) is 0. The molecule has 0 aromatic rings. The van der Waals surface area contributed by atoms with Gasteiger partial charge in [-0.15, -0.1) is 0 Å². The van der Waals surface area contributed by atoms with E-state index in [4.69, 9.17) is 4.74 Å². The van der Waals surface area contributed by atoms with E-state index >= 15 is 0 Å². The Bertz CT molecular complexity index is 398. The Hall–Kier alpha value is -0.830. The van der Waals surface area contributed by atoms with Gasteiger partial charge in [-0.2, -0.15) is 0 Å². The summed E-state index contributed by atoms with van der Waals surface area (Å²) < 4.78 is 5.16. The Labute approximate surface area is 108 Å². The predicted octanol–water partition coefficient (Wildman–Crippen LogP) is 2.29. The molecule has 3 heteroatoms. The molecular weight excluding hydrogens is 228 g/mol. The van der Waals surface area contributed by atoms with E-state index in [1.807, 2.05) is 0 Å². The molecule has 2 saturated carbocycles. The highest BCUT2D eigenvalue weighted by Gasteiger charge is 2.67. The van der Waals surface area contributed by atoms with Crippen molar-refractivity contribution in [1.29, 1.82) is 0 Å².